The van der Waals surface area contributed by atoms with Gasteiger partial charge in [0.05, 0.1) is 15.6 Å². The minimum Gasteiger partial charge on any atom is -0.301 e. The fraction of sp³-hybridized carbons (Fsp3) is 0.143. The highest BCUT2D eigenvalue weighted by molar-refractivity contribution is 8.22. The van der Waals surface area contributed by atoms with E-state index >= 15 is 0 Å². The number of hydrogen-bond acceptors (Lipinski definition) is 4. The second-order valence-electron chi connectivity index (χ2n) is 3.97. The summed E-state index contributed by atoms with van der Waals surface area (Å²) in [4.78, 5) is 16.9. The number of aromatic nitrogens is 2. The number of rotatable bonds is 5. The Hall–Kier alpha value is -0.880. The largest absolute Gasteiger partial charge is 0.301 e. The summed E-state index contributed by atoms with van der Waals surface area (Å²) in [5.41, 5.74) is 0.960. The van der Waals surface area contributed by atoms with Crippen LogP contribution in [0.4, 0.5) is 0 Å². The Labute approximate surface area is 141 Å². The van der Waals surface area contributed by atoms with Crippen LogP contribution in [0.15, 0.2) is 41.2 Å². The van der Waals surface area contributed by atoms with Gasteiger partial charge in [-0.3, -0.25) is 4.79 Å². The van der Waals surface area contributed by atoms with Gasteiger partial charge in [0.25, 0.3) is 0 Å². The third-order valence-corrected chi connectivity index (χ3v) is 5.39. The fourth-order valence-corrected chi connectivity index (χ4v) is 3.73. The normalized spacial score (nSPS) is 10.5. The number of carbonyl (C=O) groups excluding carboxylic acids is 1. The molecular weight excluding hydrogens is 347 g/mol. The number of Topliss-reactive ketones (excluding diaryl/α,β-unsaturated/α-hetero) is 1. The lowest BCUT2D eigenvalue weighted by Gasteiger charge is -2.13. The highest BCUT2D eigenvalue weighted by Crippen LogP contribution is 2.33. The molecule has 0 spiro atoms. The Bertz CT molecular complexity index is 678. The Balaban J connectivity index is 2.57. The quantitative estimate of drug-likeness (QED) is 0.560. The molecule has 3 nitrogen and oxygen atoms in total. The van der Waals surface area contributed by atoms with Crippen molar-refractivity contribution in [3.63, 3.8) is 0 Å². The standard InChI is InChI=1S/C14H12Cl2N2OS2/c1-20-14(21-2)12(18-6-5-17-8-18)13(19)10-4-3-9(15)7-11(10)16/h3-8H,1-2H3. The summed E-state index contributed by atoms with van der Waals surface area (Å²) in [5, 5.41) is 0.839. The molecule has 2 aromatic rings. The van der Waals surface area contributed by atoms with Crippen LogP contribution in [0.25, 0.3) is 5.70 Å². The van der Waals surface area contributed by atoms with Gasteiger partial charge in [-0.2, -0.15) is 0 Å². The van der Waals surface area contributed by atoms with Crippen molar-refractivity contribution in [2.45, 2.75) is 0 Å². The predicted octanol–water partition coefficient (Wildman–Crippen LogP) is 4.92. The molecule has 0 aliphatic heterocycles. The number of benzene rings is 1. The predicted molar refractivity (Wildman–Crippen MR) is 93.3 cm³/mol. The van der Waals surface area contributed by atoms with E-state index in [1.54, 1.807) is 41.5 Å². The van der Waals surface area contributed by atoms with Crippen molar-refractivity contribution < 1.29 is 4.79 Å². The number of hydrogen-bond donors (Lipinski definition) is 0. The Morgan fingerprint density at radius 1 is 1.24 bits per heavy atom. The summed E-state index contributed by atoms with van der Waals surface area (Å²) in [5.74, 6) is -0.159. The van der Waals surface area contributed by atoms with E-state index in [2.05, 4.69) is 4.98 Å². The average molecular weight is 359 g/mol. The summed E-state index contributed by atoms with van der Waals surface area (Å²) in [7, 11) is 0. The molecule has 0 unspecified atom stereocenters. The van der Waals surface area contributed by atoms with Crippen LogP contribution in [0.5, 0.6) is 0 Å². The van der Waals surface area contributed by atoms with Crippen LogP contribution in [-0.4, -0.2) is 27.8 Å². The molecule has 0 saturated heterocycles. The number of thioether (sulfide) groups is 2. The maximum Gasteiger partial charge on any atom is 0.212 e. The van der Waals surface area contributed by atoms with E-state index in [4.69, 9.17) is 23.2 Å². The van der Waals surface area contributed by atoms with E-state index < -0.39 is 0 Å². The molecular formula is C14H12Cl2N2OS2. The van der Waals surface area contributed by atoms with Gasteiger partial charge < -0.3 is 4.57 Å². The van der Waals surface area contributed by atoms with Gasteiger partial charge in [-0.1, -0.05) is 23.2 Å². The molecule has 0 fully saturated rings. The molecule has 0 saturated carbocycles. The highest BCUT2D eigenvalue weighted by Gasteiger charge is 2.21. The molecule has 7 heteroatoms. The van der Waals surface area contributed by atoms with E-state index in [0.717, 1.165) is 4.24 Å². The van der Waals surface area contributed by atoms with Crippen molar-refractivity contribution in [2.24, 2.45) is 0 Å². The molecule has 0 aliphatic rings. The minimum absolute atomic E-state index is 0.159. The molecule has 1 aromatic carbocycles. The number of nitrogens with zero attached hydrogens (tertiary/aromatic N) is 2. The molecule has 0 radical (unpaired) electrons. The van der Waals surface area contributed by atoms with Gasteiger partial charge in [0.2, 0.25) is 5.78 Å². The van der Waals surface area contributed by atoms with Crippen LogP contribution in [0.3, 0.4) is 0 Å². The molecule has 21 heavy (non-hydrogen) atoms. The third kappa shape index (κ3) is 3.66. The number of ketones is 1. The molecule has 1 aromatic heterocycles. The lowest BCUT2D eigenvalue weighted by molar-refractivity contribution is 0.105. The summed E-state index contributed by atoms with van der Waals surface area (Å²) in [6.07, 6.45) is 8.83. The van der Waals surface area contributed by atoms with Gasteiger partial charge in [0.15, 0.2) is 0 Å². The zero-order chi connectivity index (χ0) is 15.4. The van der Waals surface area contributed by atoms with Crippen molar-refractivity contribution in [1.29, 1.82) is 0 Å². The maximum atomic E-state index is 12.9. The zero-order valence-electron chi connectivity index (χ0n) is 11.3. The average Bonchev–Trinajstić information content (AvgIpc) is 2.97. The van der Waals surface area contributed by atoms with E-state index in [1.807, 2.05) is 12.5 Å². The van der Waals surface area contributed by atoms with Crippen molar-refractivity contribution >= 4 is 58.2 Å². The van der Waals surface area contributed by atoms with Crippen LogP contribution >= 0.6 is 46.7 Å². The second kappa shape index (κ2) is 7.40. The van der Waals surface area contributed by atoms with E-state index in [1.165, 1.54) is 23.5 Å². The zero-order valence-corrected chi connectivity index (χ0v) is 14.5. The first-order chi connectivity index (χ1) is 10.1. The minimum atomic E-state index is -0.159. The second-order valence-corrected chi connectivity index (χ2v) is 6.70. The number of carbonyl (C=O) groups is 1. The van der Waals surface area contributed by atoms with Crippen LogP contribution in [0.2, 0.25) is 10.0 Å². The first kappa shape index (κ1) is 16.5. The fourth-order valence-electron chi connectivity index (χ4n) is 1.78. The third-order valence-electron chi connectivity index (χ3n) is 2.72. The van der Waals surface area contributed by atoms with Gasteiger partial charge in [0.1, 0.15) is 5.70 Å². The van der Waals surface area contributed by atoms with Gasteiger partial charge in [-0.05, 0) is 30.7 Å². The summed E-state index contributed by atoms with van der Waals surface area (Å²) in [6, 6.07) is 4.87. The van der Waals surface area contributed by atoms with Crippen molar-refractivity contribution in [3.8, 4) is 0 Å². The van der Waals surface area contributed by atoms with E-state index in [0.29, 0.717) is 21.3 Å². The van der Waals surface area contributed by atoms with Crippen LogP contribution in [0, 0.1) is 0 Å². The summed E-state index contributed by atoms with van der Waals surface area (Å²) >= 11 is 15.1. The first-order valence-corrected chi connectivity index (χ1v) is 9.09. The van der Waals surface area contributed by atoms with Gasteiger partial charge >= 0.3 is 0 Å². The number of imidazole rings is 1. The Kier molecular flexibility index (Phi) is 5.81. The molecule has 0 bridgehead atoms. The molecule has 0 aliphatic carbocycles. The summed E-state index contributed by atoms with van der Waals surface area (Å²) < 4.78 is 2.60. The number of allylic oxidation sites excluding steroid dienone is 1. The van der Waals surface area contributed by atoms with Crippen molar-refractivity contribution in [1.82, 2.24) is 9.55 Å². The molecule has 0 amide bonds. The molecule has 0 N–H and O–H groups in total. The molecule has 110 valence electrons. The molecule has 2 rings (SSSR count). The Morgan fingerprint density at radius 3 is 2.48 bits per heavy atom. The van der Waals surface area contributed by atoms with Crippen molar-refractivity contribution in [2.75, 3.05) is 12.5 Å². The Morgan fingerprint density at radius 2 is 1.95 bits per heavy atom. The SMILES string of the molecule is CSC(SC)=C(C(=O)c1ccc(Cl)cc1Cl)n1ccnc1. The van der Waals surface area contributed by atoms with E-state index in [9.17, 15) is 4.79 Å². The lowest BCUT2D eigenvalue weighted by atomic mass is 10.1. The highest BCUT2D eigenvalue weighted by atomic mass is 35.5. The van der Waals surface area contributed by atoms with Gasteiger partial charge in [-0.25, -0.2) is 4.98 Å². The first-order valence-electron chi connectivity index (χ1n) is 5.88. The van der Waals surface area contributed by atoms with Gasteiger partial charge in [-0.15, -0.1) is 23.5 Å². The number of halogens is 2. The van der Waals surface area contributed by atoms with Crippen LogP contribution < -0.4 is 0 Å². The molecule has 0 atom stereocenters. The van der Waals surface area contributed by atoms with Crippen LogP contribution in [0.1, 0.15) is 10.4 Å². The smallest absolute Gasteiger partial charge is 0.212 e. The van der Waals surface area contributed by atoms with E-state index in [-0.39, 0.29) is 5.78 Å². The monoisotopic (exact) mass is 358 g/mol. The summed E-state index contributed by atoms with van der Waals surface area (Å²) in [6.45, 7) is 0. The van der Waals surface area contributed by atoms with Crippen LogP contribution in [-0.2, 0) is 0 Å². The topological polar surface area (TPSA) is 34.9 Å². The maximum absolute atomic E-state index is 12.9. The van der Waals surface area contributed by atoms with Crippen molar-refractivity contribution in [3.05, 3.63) is 56.8 Å². The van der Waals surface area contributed by atoms with Gasteiger partial charge in [0, 0.05) is 23.0 Å². The molecule has 1 heterocycles. The lowest BCUT2D eigenvalue weighted by Crippen LogP contribution is -2.10.